The smallest absolute Gasteiger partial charge is 0.134 e. The van der Waals surface area contributed by atoms with Crippen LogP contribution in [-0.4, -0.2) is 17.2 Å². The van der Waals surface area contributed by atoms with Crippen molar-refractivity contribution in [3.63, 3.8) is 0 Å². The van der Waals surface area contributed by atoms with E-state index in [2.05, 4.69) is 5.32 Å². The summed E-state index contributed by atoms with van der Waals surface area (Å²) >= 11 is 5.76. The molecular weight excluding hydrogens is 200 g/mol. The molecule has 3 nitrogen and oxygen atoms in total. The molecule has 1 rings (SSSR count). The molecule has 0 aliphatic carbocycles. The Labute approximate surface area is 88.9 Å². The number of phenolic OH excluding ortho intramolecular Hbond substituents is 1. The number of rotatable bonds is 3. The number of hydrogen-bond donors (Lipinski definition) is 3. The van der Waals surface area contributed by atoms with E-state index >= 15 is 0 Å². The fourth-order valence-electron chi connectivity index (χ4n) is 0.991. The van der Waals surface area contributed by atoms with Crippen molar-refractivity contribution < 1.29 is 5.11 Å². The molecule has 0 bridgehead atoms. The van der Waals surface area contributed by atoms with Gasteiger partial charge in [0.1, 0.15) is 5.75 Å². The lowest BCUT2D eigenvalue weighted by molar-refractivity contribution is 0.475. The molecule has 1 aromatic carbocycles. The van der Waals surface area contributed by atoms with Crippen LogP contribution in [0.3, 0.4) is 0 Å². The van der Waals surface area contributed by atoms with Gasteiger partial charge in [-0.1, -0.05) is 11.6 Å². The Hall–Kier alpha value is -0.930. The van der Waals surface area contributed by atoms with Gasteiger partial charge in [0.15, 0.2) is 0 Å². The number of phenols is 1. The summed E-state index contributed by atoms with van der Waals surface area (Å²) in [5, 5.41) is 12.7. The number of halogens is 1. The molecule has 2 unspecified atom stereocenters. The van der Waals surface area contributed by atoms with Crippen LogP contribution in [0.1, 0.15) is 13.8 Å². The summed E-state index contributed by atoms with van der Waals surface area (Å²) in [6, 6.07) is 5.22. The molecule has 0 spiro atoms. The van der Waals surface area contributed by atoms with Crippen molar-refractivity contribution >= 4 is 17.3 Å². The molecule has 1 aromatic rings. The van der Waals surface area contributed by atoms with Crippen LogP contribution in [0.25, 0.3) is 0 Å². The van der Waals surface area contributed by atoms with E-state index in [4.69, 9.17) is 17.3 Å². The van der Waals surface area contributed by atoms with Crippen LogP contribution in [0.15, 0.2) is 18.2 Å². The molecule has 4 N–H and O–H groups in total. The third kappa shape index (κ3) is 2.79. The van der Waals surface area contributed by atoms with Crippen molar-refractivity contribution in [3.8, 4) is 5.75 Å². The molecule has 0 aliphatic heterocycles. The van der Waals surface area contributed by atoms with Gasteiger partial charge in [-0.15, -0.1) is 0 Å². The lowest BCUT2D eigenvalue weighted by Gasteiger charge is -2.18. The zero-order valence-corrected chi connectivity index (χ0v) is 9.05. The number of hydrogen-bond acceptors (Lipinski definition) is 3. The fraction of sp³-hybridized carbons (Fsp3) is 0.400. The maximum Gasteiger partial charge on any atom is 0.134 e. The summed E-state index contributed by atoms with van der Waals surface area (Å²) in [5.41, 5.74) is 6.57. The van der Waals surface area contributed by atoms with E-state index in [1.807, 2.05) is 13.8 Å². The van der Waals surface area contributed by atoms with Gasteiger partial charge in [-0.2, -0.15) is 0 Å². The minimum atomic E-state index is 0.0579. The SMILES string of the molecule is CC(N)C(C)Nc1ccc(O)c(Cl)c1. The molecule has 0 saturated carbocycles. The van der Waals surface area contributed by atoms with Crippen LogP contribution < -0.4 is 11.1 Å². The second-order valence-electron chi connectivity index (χ2n) is 3.46. The van der Waals surface area contributed by atoms with Crippen molar-refractivity contribution in [2.75, 3.05) is 5.32 Å². The van der Waals surface area contributed by atoms with Gasteiger partial charge in [-0.05, 0) is 32.0 Å². The normalized spacial score (nSPS) is 14.9. The average molecular weight is 215 g/mol. The van der Waals surface area contributed by atoms with Crippen molar-refractivity contribution in [2.45, 2.75) is 25.9 Å². The van der Waals surface area contributed by atoms with E-state index in [-0.39, 0.29) is 17.8 Å². The summed E-state index contributed by atoms with van der Waals surface area (Å²) in [6.07, 6.45) is 0. The largest absolute Gasteiger partial charge is 0.506 e. The van der Waals surface area contributed by atoms with Gasteiger partial charge < -0.3 is 16.2 Å². The predicted octanol–water partition coefficient (Wildman–Crippen LogP) is 2.19. The van der Waals surface area contributed by atoms with Crippen molar-refractivity contribution in [3.05, 3.63) is 23.2 Å². The van der Waals surface area contributed by atoms with Crippen LogP contribution in [0, 0.1) is 0 Å². The first-order valence-corrected chi connectivity index (χ1v) is 4.89. The third-order valence-electron chi connectivity index (χ3n) is 2.13. The summed E-state index contributed by atoms with van der Waals surface area (Å²) in [7, 11) is 0. The second-order valence-corrected chi connectivity index (χ2v) is 3.87. The number of aromatic hydroxyl groups is 1. The topological polar surface area (TPSA) is 58.3 Å². The lowest BCUT2D eigenvalue weighted by atomic mass is 10.1. The van der Waals surface area contributed by atoms with Crippen LogP contribution >= 0.6 is 11.6 Å². The van der Waals surface area contributed by atoms with Gasteiger partial charge >= 0.3 is 0 Å². The van der Waals surface area contributed by atoms with E-state index in [9.17, 15) is 5.11 Å². The van der Waals surface area contributed by atoms with E-state index in [0.717, 1.165) is 5.69 Å². The van der Waals surface area contributed by atoms with Gasteiger partial charge in [0, 0.05) is 17.8 Å². The van der Waals surface area contributed by atoms with Gasteiger partial charge in [0.25, 0.3) is 0 Å². The van der Waals surface area contributed by atoms with Crippen LogP contribution in [0.4, 0.5) is 5.69 Å². The molecule has 2 atom stereocenters. The van der Waals surface area contributed by atoms with Gasteiger partial charge in [-0.25, -0.2) is 0 Å². The standard InChI is InChI=1S/C10H15ClN2O/c1-6(12)7(2)13-8-3-4-10(14)9(11)5-8/h3-7,13-14H,12H2,1-2H3. The fourth-order valence-corrected chi connectivity index (χ4v) is 1.17. The molecular formula is C10H15ClN2O. The third-order valence-corrected chi connectivity index (χ3v) is 2.43. The summed E-state index contributed by atoms with van der Waals surface area (Å²) in [4.78, 5) is 0. The van der Waals surface area contributed by atoms with Crippen LogP contribution in [-0.2, 0) is 0 Å². The molecule has 0 saturated heterocycles. The molecule has 14 heavy (non-hydrogen) atoms. The summed E-state index contributed by atoms with van der Waals surface area (Å²) in [6.45, 7) is 3.92. The Balaban J connectivity index is 2.73. The molecule has 78 valence electrons. The zero-order chi connectivity index (χ0) is 10.7. The maximum atomic E-state index is 9.20. The minimum Gasteiger partial charge on any atom is -0.506 e. The average Bonchev–Trinajstić information content (AvgIpc) is 2.11. The quantitative estimate of drug-likeness (QED) is 0.676. The summed E-state index contributed by atoms with van der Waals surface area (Å²) < 4.78 is 0. The minimum absolute atomic E-state index is 0.0579. The first-order valence-electron chi connectivity index (χ1n) is 4.51. The lowest BCUT2D eigenvalue weighted by Crippen LogP contribution is -2.35. The molecule has 0 aromatic heterocycles. The first kappa shape index (κ1) is 11.1. The van der Waals surface area contributed by atoms with Gasteiger partial charge in [0.2, 0.25) is 0 Å². The van der Waals surface area contributed by atoms with E-state index in [1.54, 1.807) is 18.2 Å². The highest BCUT2D eigenvalue weighted by atomic mass is 35.5. The van der Waals surface area contributed by atoms with E-state index in [1.165, 1.54) is 0 Å². The Bertz CT molecular complexity index is 315. The van der Waals surface area contributed by atoms with Crippen LogP contribution in [0.5, 0.6) is 5.75 Å². The highest BCUT2D eigenvalue weighted by Gasteiger charge is 2.07. The molecule has 0 radical (unpaired) electrons. The van der Waals surface area contributed by atoms with Gasteiger partial charge in [0.05, 0.1) is 5.02 Å². The van der Waals surface area contributed by atoms with E-state index < -0.39 is 0 Å². The second kappa shape index (κ2) is 4.53. The number of nitrogens with one attached hydrogen (secondary N) is 1. The van der Waals surface area contributed by atoms with E-state index in [0.29, 0.717) is 5.02 Å². The number of benzene rings is 1. The van der Waals surface area contributed by atoms with Crippen molar-refractivity contribution in [1.82, 2.24) is 0 Å². The molecule has 0 aliphatic rings. The number of nitrogens with two attached hydrogens (primary N) is 1. The Kier molecular flexibility index (Phi) is 3.61. The zero-order valence-electron chi connectivity index (χ0n) is 8.29. The molecule has 0 heterocycles. The molecule has 4 heteroatoms. The first-order chi connectivity index (χ1) is 6.50. The van der Waals surface area contributed by atoms with Gasteiger partial charge in [-0.3, -0.25) is 0 Å². The Morgan fingerprint density at radius 1 is 1.43 bits per heavy atom. The predicted molar refractivity (Wildman–Crippen MR) is 59.9 cm³/mol. The van der Waals surface area contributed by atoms with Crippen molar-refractivity contribution in [2.24, 2.45) is 5.73 Å². The molecule has 0 amide bonds. The highest BCUT2D eigenvalue weighted by molar-refractivity contribution is 6.32. The van der Waals surface area contributed by atoms with Crippen molar-refractivity contribution in [1.29, 1.82) is 0 Å². The maximum absolute atomic E-state index is 9.20. The monoisotopic (exact) mass is 214 g/mol. The molecule has 0 fully saturated rings. The summed E-state index contributed by atoms with van der Waals surface area (Å²) in [5.74, 6) is 0.0886. The number of anilines is 1. The Morgan fingerprint density at radius 2 is 2.07 bits per heavy atom. The van der Waals surface area contributed by atoms with Crippen LogP contribution in [0.2, 0.25) is 5.02 Å². The Morgan fingerprint density at radius 3 is 2.57 bits per heavy atom. The highest BCUT2D eigenvalue weighted by Crippen LogP contribution is 2.26.